The molecule has 1 atom stereocenters. The molecule has 0 aliphatic carbocycles. The molecular weight excluding hydrogens is 189 g/mol. The van der Waals surface area contributed by atoms with Crippen LogP contribution in [0.15, 0.2) is 29.8 Å². The van der Waals surface area contributed by atoms with Crippen molar-refractivity contribution in [2.24, 2.45) is 0 Å². The van der Waals surface area contributed by atoms with Crippen LogP contribution in [0.1, 0.15) is 31.0 Å². The average molecular weight is 207 g/mol. The van der Waals surface area contributed by atoms with E-state index in [1.807, 2.05) is 40.0 Å². The van der Waals surface area contributed by atoms with Crippen LogP contribution in [-0.4, -0.2) is 7.05 Å². The Morgan fingerprint density at radius 2 is 2.07 bits per heavy atom. The van der Waals surface area contributed by atoms with Gasteiger partial charge in [0.2, 0.25) is 0 Å². The van der Waals surface area contributed by atoms with Gasteiger partial charge >= 0.3 is 0 Å². The van der Waals surface area contributed by atoms with Crippen molar-refractivity contribution in [2.45, 2.75) is 26.8 Å². The van der Waals surface area contributed by atoms with Crippen molar-refractivity contribution in [1.29, 1.82) is 0 Å². The first kappa shape index (κ1) is 11.9. The summed E-state index contributed by atoms with van der Waals surface area (Å²) in [5.41, 5.74) is 2.96. The van der Waals surface area contributed by atoms with Crippen LogP contribution in [0.3, 0.4) is 0 Å². The second kappa shape index (κ2) is 5.08. The molecule has 0 aromatic heterocycles. The van der Waals surface area contributed by atoms with Crippen LogP contribution in [0.4, 0.5) is 4.39 Å². The highest BCUT2D eigenvalue weighted by Crippen LogP contribution is 2.20. The molecular formula is C13H18FN. The molecule has 0 heterocycles. The fraction of sp³-hybridized carbons (Fsp3) is 0.385. The zero-order valence-corrected chi connectivity index (χ0v) is 9.76. The summed E-state index contributed by atoms with van der Waals surface area (Å²) in [6, 6.07) is 5.15. The number of halogens is 1. The summed E-state index contributed by atoms with van der Waals surface area (Å²) in [5.74, 6) is -0.155. The largest absolute Gasteiger partial charge is 0.310 e. The van der Waals surface area contributed by atoms with Gasteiger partial charge in [-0.3, -0.25) is 0 Å². The Balaban J connectivity index is 3.11. The predicted octanol–water partition coefficient (Wildman–Crippen LogP) is 3.36. The minimum atomic E-state index is -0.155. The summed E-state index contributed by atoms with van der Waals surface area (Å²) in [5, 5.41) is 3.10. The predicted molar refractivity (Wildman–Crippen MR) is 62.4 cm³/mol. The number of benzene rings is 1. The first-order valence-corrected chi connectivity index (χ1v) is 5.13. The lowest BCUT2D eigenvalue weighted by Gasteiger charge is -2.14. The molecule has 0 radical (unpaired) electrons. The maximum Gasteiger partial charge on any atom is 0.128 e. The minimum absolute atomic E-state index is 0.0464. The number of aryl methyl sites for hydroxylation is 1. The average Bonchev–Trinajstić information content (AvgIpc) is 2.18. The summed E-state index contributed by atoms with van der Waals surface area (Å²) in [7, 11) is 1.84. The molecule has 15 heavy (non-hydrogen) atoms. The first-order valence-electron chi connectivity index (χ1n) is 5.13. The number of rotatable bonds is 3. The van der Waals surface area contributed by atoms with Gasteiger partial charge in [-0.15, -0.1) is 0 Å². The fourth-order valence-corrected chi connectivity index (χ4v) is 1.56. The van der Waals surface area contributed by atoms with Gasteiger partial charge < -0.3 is 5.32 Å². The van der Waals surface area contributed by atoms with Crippen molar-refractivity contribution in [3.63, 3.8) is 0 Å². The zero-order valence-electron chi connectivity index (χ0n) is 9.76. The molecule has 0 fully saturated rings. The van der Waals surface area contributed by atoms with Crippen molar-refractivity contribution in [2.75, 3.05) is 7.05 Å². The van der Waals surface area contributed by atoms with Crippen molar-refractivity contribution >= 4 is 0 Å². The second-order valence-electron chi connectivity index (χ2n) is 4.04. The maximum absolute atomic E-state index is 13.6. The van der Waals surface area contributed by atoms with E-state index in [2.05, 4.69) is 5.32 Å². The van der Waals surface area contributed by atoms with Crippen molar-refractivity contribution in [3.8, 4) is 0 Å². The Morgan fingerprint density at radius 1 is 1.40 bits per heavy atom. The number of allylic oxidation sites excluding steroid dienone is 1. The van der Waals surface area contributed by atoms with Gasteiger partial charge in [0.05, 0.1) is 6.04 Å². The second-order valence-corrected chi connectivity index (χ2v) is 4.04. The van der Waals surface area contributed by atoms with Gasteiger partial charge in [0.1, 0.15) is 5.82 Å². The van der Waals surface area contributed by atoms with Crippen LogP contribution in [0.25, 0.3) is 0 Å². The summed E-state index contributed by atoms with van der Waals surface area (Å²) >= 11 is 0. The van der Waals surface area contributed by atoms with Gasteiger partial charge in [0.25, 0.3) is 0 Å². The molecule has 0 aliphatic heterocycles. The molecule has 2 heteroatoms. The first-order chi connectivity index (χ1) is 7.04. The van der Waals surface area contributed by atoms with Gasteiger partial charge in [-0.05, 0) is 33.9 Å². The molecule has 0 saturated heterocycles. The molecule has 1 N–H and O–H groups in total. The molecule has 0 saturated carbocycles. The lowest BCUT2D eigenvalue weighted by Crippen LogP contribution is -2.15. The Morgan fingerprint density at radius 3 is 2.60 bits per heavy atom. The van der Waals surface area contributed by atoms with Crippen molar-refractivity contribution < 1.29 is 4.39 Å². The standard InChI is InChI=1S/C13H18FN/c1-9(2)7-13(15-4)11-8-10(3)5-6-12(11)14/h5-8,13,15H,1-4H3. The molecule has 1 rings (SSSR count). The molecule has 0 aliphatic rings. The van der Waals surface area contributed by atoms with Crippen LogP contribution in [-0.2, 0) is 0 Å². The van der Waals surface area contributed by atoms with Crippen LogP contribution < -0.4 is 5.32 Å². The van der Waals surface area contributed by atoms with E-state index >= 15 is 0 Å². The number of hydrogen-bond acceptors (Lipinski definition) is 1. The van der Waals surface area contributed by atoms with E-state index < -0.39 is 0 Å². The van der Waals surface area contributed by atoms with Crippen LogP contribution >= 0.6 is 0 Å². The van der Waals surface area contributed by atoms with Crippen LogP contribution in [0.2, 0.25) is 0 Å². The third-order valence-corrected chi connectivity index (χ3v) is 2.30. The van der Waals surface area contributed by atoms with E-state index in [1.165, 1.54) is 11.6 Å². The molecule has 0 spiro atoms. The number of likely N-dealkylation sites (N-methyl/N-ethyl adjacent to an activating group) is 1. The number of hydrogen-bond donors (Lipinski definition) is 1. The summed E-state index contributed by atoms with van der Waals surface area (Å²) in [6.07, 6.45) is 2.03. The monoisotopic (exact) mass is 207 g/mol. The van der Waals surface area contributed by atoms with Gasteiger partial charge in [0.15, 0.2) is 0 Å². The molecule has 1 unspecified atom stereocenters. The van der Waals surface area contributed by atoms with E-state index in [-0.39, 0.29) is 11.9 Å². The Labute approximate surface area is 91.0 Å². The highest BCUT2D eigenvalue weighted by atomic mass is 19.1. The summed E-state index contributed by atoms with van der Waals surface area (Å²) in [4.78, 5) is 0. The number of nitrogens with one attached hydrogen (secondary N) is 1. The van der Waals surface area contributed by atoms with Gasteiger partial charge in [-0.1, -0.05) is 29.3 Å². The quantitative estimate of drug-likeness (QED) is 0.749. The summed E-state index contributed by atoms with van der Waals surface area (Å²) < 4.78 is 13.6. The molecule has 1 aromatic carbocycles. The van der Waals surface area contributed by atoms with Gasteiger partial charge in [0, 0.05) is 5.56 Å². The lowest BCUT2D eigenvalue weighted by atomic mass is 10.0. The van der Waals surface area contributed by atoms with E-state index in [4.69, 9.17) is 0 Å². The van der Waals surface area contributed by atoms with Crippen molar-refractivity contribution in [3.05, 3.63) is 46.8 Å². The summed E-state index contributed by atoms with van der Waals surface area (Å²) in [6.45, 7) is 5.99. The highest BCUT2D eigenvalue weighted by molar-refractivity contribution is 5.30. The Hall–Kier alpha value is -1.15. The molecule has 1 aromatic rings. The molecule has 0 bridgehead atoms. The van der Waals surface area contributed by atoms with E-state index in [1.54, 1.807) is 6.07 Å². The third-order valence-electron chi connectivity index (χ3n) is 2.30. The SMILES string of the molecule is CNC(C=C(C)C)c1cc(C)ccc1F. The topological polar surface area (TPSA) is 12.0 Å². The van der Waals surface area contributed by atoms with Gasteiger partial charge in [-0.25, -0.2) is 4.39 Å². The third kappa shape index (κ3) is 3.17. The smallest absolute Gasteiger partial charge is 0.128 e. The normalized spacial score (nSPS) is 12.3. The fourth-order valence-electron chi connectivity index (χ4n) is 1.56. The van der Waals surface area contributed by atoms with Gasteiger partial charge in [-0.2, -0.15) is 0 Å². The Bertz CT molecular complexity index is 365. The van der Waals surface area contributed by atoms with E-state index in [9.17, 15) is 4.39 Å². The molecule has 82 valence electrons. The van der Waals surface area contributed by atoms with E-state index in [0.29, 0.717) is 5.56 Å². The Kier molecular flexibility index (Phi) is 4.04. The minimum Gasteiger partial charge on any atom is -0.310 e. The maximum atomic E-state index is 13.6. The van der Waals surface area contributed by atoms with Crippen molar-refractivity contribution in [1.82, 2.24) is 5.32 Å². The zero-order chi connectivity index (χ0) is 11.4. The molecule has 0 amide bonds. The highest BCUT2D eigenvalue weighted by Gasteiger charge is 2.11. The lowest BCUT2D eigenvalue weighted by molar-refractivity contribution is 0.580. The molecule has 1 nitrogen and oxygen atoms in total. The van der Waals surface area contributed by atoms with E-state index in [0.717, 1.165) is 5.56 Å². The van der Waals surface area contributed by atoms with Crippen LogP contribution in [0, 0.1) is 12.7 Å². The van der Waals surface area contributed by atoms with Crippen LogP contribution in [0.5, 0.6) is 0 Å².